The monoisotopic (exact) mass is 279 g/mol. The first kappa shape index (κ1) is 17.2. The molecule has 3 heteroatoms. The smallest absolute Gasteiger partial charge is 0.0718 e. The Morgan fingerprint density at radius 3 is 2.45 bits per heavy atom. The predicted octanol–water partition coefficient (Wildman–Crippen LogP) is 3.52. The van der Waals surface area contributed by atoms with E-state index in [4.69, 9.17) is 9.47 Å². The molecule has 0 saturated carbocycles. The Morgan fingerprint density at radius 1 is 1.10 bits per heavy atom. The van der Waals surface area contributed by atoms with E-state index < -0.39 is 0 Å². The lowest BCUT2D eigenvalue weighted by molar-refractivity contribution is -0.0376. The minimum absolute atomic E-state index is 0.0915. The van der Waals surface area contributed by atoms with Gasteiger partial charge in [-0.25, -0.2) is 0 Å². The Kier molecular flexibility index (Phi) is 7.20. The fourth-order valence-corrected chi connectivity index (χ4v) is 1.75. The van der Waals surface area contributed by atoms with Crippen molar-refractivity contribution in [2.24, 2.45) is 0 Å². The van der Waals surface area contributed by atoms with Crippen molar-refractivity contribution in [3.8, 4) is 0 Å². The maximum Gasteiger partial charge on any atom is 0.0718 e. The molecule has 114 valence electrons. The fraction of sp³-hybridized carbons (Fsp3) is 0.647. The summed E-state index contributed by atoms with van der Waals surface area (Å²) in [6.07, 6.45) is 0. The second-order valence-electron chi connectivity index (χ2n) is 6.37. The van der Waals surface area contributed by atoms with E-state index in [1.165, 1.54) is 11.1 Å². The van der Waals surface area contributed by atoms with Crippen molar-refractivity contribution in [1.82, 2.24) is 5.32 Å². The molecule has 3 nitrogen and oxygen atoms in total. The molecule has 0 fully saturated rings. The van der Waals surface area contributed by atoms with Crippen LogP contribution < -0.4 is 5.32 Å². The number of ether oxygens (including phenoxy) is 2. The van der Waals surface area contributed by atoms with Gasteiger partial charge in [0.2, 0.25) is 0 Å². The molecule has 0 aliphatic heterocycles. The van der Waals surface area contributed by atoms with Gasteiger partial charge in [0, 0.05) is 12.6 Å². The van der Waals surface area contributed by atoms with Crippen LogP contribution in [0.5, 0.6) is 0 Å². The van der Waals surface area contributed by atoms with Crippen LogP contribution in [-0.2, 0) is 22.6 Å². The van der Waals surface area contributed by atoms with E-state index in [9.17, 15) is 0 Å². The van der Waals surface area contributed by atoms with Crippen LogP contribution in [0.3, 0.4) is 0 Å². The molecule has 0 aliphatic rings. The first-order chi connectivity index (χ1) is 9.37. The quantitative estimate of drug-likeness (QED) is 0.739. The van der Waals surface area contributed by atoms with Crippen LogP contribution in [0.25, 0.3) is 0 Å². The molecule has 1 aromatic rings. The van der Waals surface area contributed by atoms with Gasteiger partial charge in [-0.3, -0.25) is 0 Å². The summed E-state index contributed by atoms with van der Waals surface area (Å²) >= 11 is 0. The zero-order valence-corrected chi connectivity index (χ0v) is 13.5. The highest BCUT2D eigenvalue weighted by atomic mass is 16.5. The van der Waals surface area contributed by atoms with E-state index >= 15 is 0 Å². The maximum atomic E-state index is 5.65. The van der Waals surface area contributed by atoms with E-state index in [1.807, 2.05) is 0 Å². The molecule has 1 rings (SSSR count). The summed E-state index contributed by atoms with van der Waals surface area (Å²) in [4.78, 5) is 0. The molecule has 0 atom stereocenters. The number of hydrogen-bond acceptors (Lipinski definition) is 3. The van der Waals surface area contributed by atoms with Gasteiger partial charge >= 0.3 is 0 Å². The van der Waals surface area contributed by atoms with E-state index in [1.54, 1.807) is 0 Å². The summed E-state index contributed by atoms with van der Waals surface area (Å²) in [5.74, 6) is 0. The molecule has 0 unspecified atom stereocenters. The zero-order valence-electron chi connectivity index (χ0n) is 13.5. The zero-order chi connectivity index (χ0) is 15.0. The van der Waals surface area contributed by atoms with Crippen molar-refractivity contribution < 1.29 is 9.47 Å². The largest absolute Gasteiger partial charge is 0.374 e. The Labute approximate surface area is 123 Å². The van der Waals surface area contributed by atoms with Gasteiger partial charge in [0.25, 0.3) is 0 Å². The van der Waals surface area contributed by atoms with Crippen molar-refractivity contribution in [1.29, 1.82) is 0 Å². The van der Waals surface area contributed by atoms with Crippen LogP contribution in [0.2, 0.25) is 0 Å². The average molecular weight is 279 g/mol. The summed E-state index contributed by atoms with van der Waals surface area (Å²) in [6.45, 7) is 13.3. The molecule has 1 aromatic carbocycles. The van der Waals surface area contributed by atoms with Gasteiger partial charge in [0.15, 0.2) is 0 Å². The Bertz CT molecular complexity index is 383. The number of nitrogens with one attached hydrogen (secondary N) is 1. The van der Waals surface area contributed by atoms with Gasteiger partial charge in [-0.05, 0) is 31.9 Å². The molecule has 0 amide bonds. The minimum atomic E-state index is -0.0915. The molecule has 0 aliphatic carbocycles. The molecule has 1 N–H and O–H groups in total. The molecule has 0 saturated heterocycles. The molecule has 0 spiro atoms. The SMILES string of the molecule is CC(C)NCc1cccc(COCCOC(C)(C)C)c1. The third-order valence-electron chi connectivity index (χ3n) is 2.74. The summed E-state index contributed by atoms with van der Waals surface area (Å²) in [6, 6.07) is 9.02. The Hall–Kier alpha value is -0.900. The van der Waals surface area contributed by atoms with Crippen molar-refractivity contribution in [3.63, 3.8) is 0 Å². The second kappa shape index (κ2) is 8.40. The van der Waals surface area contributed by atoms with Crippen LogP contribution >= 0.6 is 0 Å². The Morgan fingerprint density at radius 2 is 1.80 bits per heavy atom. The van der Waals surface area contributed by atoms with Crippen molar-refractivity contribution >= 4 is 0 Å². The van der Waals surface area contributed by atoms with E-state index in [0.717, 1.165) is 6.54 Å². The Balaban J connectivity index is 2.28. The van der Waals surface area contributed by atoms with Crippen molar-refractivity contribution in [2.75, 3.05) is 13.2 Å². The minimum Gasteiger partial charge on any atom is -0.374 e. The molecule has 20 heavy (non-hydrogen) atoms. The average Bonchev–Trinajstić information content (AvgIpc) is 2.35. The van der Waals surface area contributed by atoms with Crippen LogP contribution in [0, 0.1) is 0 Å². The third kappa shape index (κ3) is 8.31. The van der Waals surface area contributed by atoms with Crippen molar-refractivity contribution in [2.45, 2.75) is 59.4 Å². The molecular weight excluding hydrogens is 250 g/mol. The highest BCUT2D eigenvalue weighted by Gasteiger charge is 2.08. The van der Waals surface area contributed by atoms with Gasteiger partial charge in [0.1, 0.15) is 0 Å². The first-order valence-corrected chi connectivity index (χ1v) is 7.40. The highest BCUT2D eigenvalue weighted by Crippen LogP contribution is 2.08. The normalized spacial score (nSPS) is 12.1. The molecule has 0 radical (unpaired) electrons. The molecular formula is C17H29NO2. The molecule has 0 bridgehead atoms. The van der Waals surface area contributed by atoms with Crippen LogP contribution in [-0.4, -0.2) is 24.9 Å². The third-order valence-corrected chi connectivity index (χ3v) is 2.74. The van der Waals surface area contributed by atoms with E-state index in [-0.39, 0.29) is 5.60 Å². The highest BCUT2D eigenvalue weighted by molar-refractivity contribution is 5.22. The lowest BCUT2D eigenvalue weighted by atomic mass is 10.1. The van der Waals surface area contributed by atoms with Gasteiger partial charge in [-0.15, -0.1) is 0 Å². The standard InChI is InChI=1S/C17H29NO2/c1-14(2)18-12-15-7-6-8-16(11-15)13-19-9-10-20-17(3,4)5/h6-8,11,14,18H,9-10,12-13H2,1-5H3. The summed E-state index contributed by atoms with van der Waals surface area (Å²) in [5.41, 5.74) is 2.42. The van der Waals surface area contributed by atoms with Crippen LogP contribution in [0.4, 0.5) is 0 Å². The lowest BCUT2D eigenvalue weighted by Crippen LogP contribution is -2.22. The fourth-order valence-electron chi connectivity index (χ4n) is 1.75. The molecule has 0 heterocycles. The lowest BCUT2D eigenvalue weighted by Gasteiger charge is -2.19. The first-order valence-electron chi connectivity index (χ1n) is 7.40. The van der Waals surface area contributed by atoms with Crippen molar-refractivity contribution in [3.05, 3.63) is 35.4 Å². The van der Waals surface area contributed by atoms with Gasteiger partial charge in [-0.2, -0.15) is 0 Å². The second-order valence-corrected chi connectivity index (χ2v) is 6.37. The number of hydrogen-bond donors (Lipinski definition) is 1. The number of benzene rings is 1. The van der Waals surface area contributed by atoms with Gasteiger partial charge in [-0.1, -0.05) is 38.1 Å². The van der Waals surface area contributed by atoms with E-state index in [2.05, 4.69) is 64.2 Å². The van der Waals surface area contributed by atoms with Gasteiger partial charge in [0.05, 0.1) is 25.4 Å². The van der Waals surface area contributed by atoms with Crippen LogP contribution in [0.15, 0.2) is 24.3 Å². The summed E-state index contributed by atoms with van der Waals surface area (Å²) < 4.78 is 11.3. The topological polar surface area (TPSA) is 30.5 Å². The summed E-state index contributed by atoms with van der Waals surface area (Å²) in [5, 5.41) is 3.42. The van der Waals surface area contributed by atoms with Gasteiger partial charge < -0.3 is 14.8 Å². The predicted molar refractivity (Wildman–Crippen MR) is 83.8 cm³/mol. The maximum absolute atomic E-state index is 5.65. The molecule has 0 aromatic heterocycles. The number of rotatable bonds is 8. The van der Waals surface area contributed by atoms with Crippen LogP contribution in [0.1, 0.15) is 45.7 Å². The van der Waals surface area contributed by atoms with E-state index in [0.29, 0.717) is 25.9 Å². The summed E-state index contributed by atoms with van der Waals surface area (Å²) in [7, 11) is 0.